The smallest absolute Gasteiger partial charge is 0.305 e. The molecule has 2 heterocycles. The third-order valence-electron chi connectivity index (χ3n) is 8.24. The number of esters is 1. The minimum Gasteiger partial charge on any atom is -0.466 e. The number of aromatic nitrogens is 1. The Balaban J connectivity index is 1.70. The van der Waals surface area contributed by atoms with Gasteiger partial charge in [0.2, 0.25) is 5.91 Å². The van der Waals surface area contributed by atoms with Crippen LogP contribution in [-0.4, -0.2) is 53.9 Å². The Kier molecular flexibility index (Phi) is 9.36. The second-order valence-electron chi connectivity index (χ2n) is 11.4. The van der Waals surface area contributed by atoms with Crippen LogP contribution < -0.4 is 0 Å². The Morgan fingerprint density at radius 2 is 1.83 bits per heavy atom. The first kappa shape index (κ1) is 27.6. The highest BCUT2D eigenvalue weighted by Crippen LogP contribution is 2.40. The van der Waals surface area contributed by atoms with E-state index in [4.69, 9.17) is 4.74 Å². The molecule has 1 saturated heterocycles. The topological polar surface area (TPSA) is 68.6 Å². The number of ether oxygens (including phenoxy) is 1. The first-order valence-corrected chi connectivity index (χ1v) is 13.8. The van der Waals surface area contributed by atoms with E-state index in [1.165, 1.54) is 12.8 Å². The maximum absolute atomic E-state index is 13.9. The summed E-state index contributed by atoms with van der Waals surface area (Å²) in [7, 11) is 2.08. The van der Waals surface area contributed by atoms with E-state index in [2.05, 4.69) is 25.8 Å². The molecule has 1 aliphatic heterocycles. The zero-order valence-electron chi connectivity index (χ0n) is 22.9. The number of hydrogen-bond donors (Lipinski definition) is 0. The lowest BCUT2D eigenvalue weighted by Gasteiger charge is -2.39. The molecule has 1 fully saturated rings. The molecule has 0 N–H and O–H groups in total. The van der Waals surface area contributed by atoms with E-state index in [9.17, 15) is 14.4 Å². The zero-order valence-corrected chi connectivity index (χ0v) is 22.9. The quantitative estimate of drug-likeness (QED) is 0.300. The van der Waals surface area contributed by atoms with Gasteiger partial charge in [0.15, 0.2) is 5.78 Å². The van der Waals surface area contributed by atoms with Crippen molar-refractivity contribution in [2.24, 2.45) is 17.3 Å². The van der Waals surface area contributed by atoms with Gasteiger partial charge in [-0.15, -0.1) is 0 Å². The van der Waals surface area contributed by atoms with Crippen LogP contribution in [0.25, 0.3) is 0 Å². The van der Waals surface area contributed by atoms with Gasteiger partial charge in [-0.3, -0.25) is 19.0 Å². The second-order valence-corrected chi connectivity index (χ2v) is 11.4. The average Bonchev–Trinajstić information content (AvgIpc) is 3.09. The Morgan fingerprint density at radius 1 is 1.11 bits per heavy atom. The molecule has 1 aromatic heterocycles. The van der Waals surface area contributed by atoms with Gasteiger partial charge >= 0.3 is 5.97 Å². The summed E-state index contributed by atoms with van der Waals surface area (Å²) in [5.41, 5.74) is 2.95. The van der Waals surface area contributed by atoms with Crippen molar-refractivity contribution in [3.63, 3.8) is 0 Å². The van der Waals surface area contributed by atoms with Crippen molar-refractivity contribution in [2.45, 2.75) is 98.8 Å². The molecular weight excluding hydrogens is 440 g/mol. The summed E-state index contributed by atoms with van der Waals surface area (Å²) >= 11 is 0. The maximum atomic E-state index is 13.9. The van der Waals surface area contributed by atoms with Crippen LogP contribution in [-0.2, 0) is 22.4 Å². The number of carbonyl (C=O) groups excluding carboxylic acids is 3. The van der Waals surface area contributed by atoms with Crippen molar-refractivity contribution in [2.75, 3.05) is 26.7 Å². The fraction of sp³-hybridized carbons (Fsp3) is 0.759. The summed E-state index contributed by atoms with van der Waals surface area (Å²) in [4.78, 5) is 41.8. The van der Waals surface area contributed by atoms with E-state index in [1.807, 2.05) is 25.3 Å². The summed E-state index contributed by atoms with van der Waals surface area (Å²) in [6.07, 6.45) is 8.90. The van der Waals surface area contributed by atoms with Crippen LogP contribution in [0, 0.1) is 24.2 Å². The van der Waals surface area contributed by atoms with E-state index in [0.29, 0.717) is 18.8 Å². The van der Waals surface area contributed by atoms with Crippen LogP contribution in [0.1, 0.15) is 111 Å². The average molecular weight is 487 g/mol. The number of fused-ring (bicyclic) bond motifs is 2. The predicted molar refractivity (Wildman–Crippen MR) is 139 cm³/mol. The summed E-state index contributed by atoms with van der Waals surface area (Å²) in [5.74, 6) is 0.386. The Labute approximate surface area is 211 Å². The summed E-state index contributed by atoms with van der Waals surface area (Å²) in [5, 5.41) is 0. The fourth-order valence-corrected chi connectivity index (χ4v) is 5.91. The highest BCUT2D eigenvalue weighted by atomic mass is 16.5. The SMILES string of the molecule is CCCCCCCC(=O)OCCC(C)(C)C(=O)n1c(C)c(CC)c2c1CC1CCN(C)CC1C2=O. The van der Waals surface area contributed by atoms with Crippen molar-refractivity contribution in [1.29, 1.82) is 0 Å². The van der Waals surface area contributed by atoms with Crippen molar-refractivity contribution < 1.29 is 19.1 Å². The first-order chi connectivity index (χ1) is 16.6. The van der Waals surface area contributed by atoms with Gasteiger partial charge in [0.25, 0.3) is 0 Å². The molecular formula is C29H46N2O4. The van der Waals surface area contributed by atoms with Gasteiger partial charge in [0.1, 0.15) is 0 Å². The van der Waals surface area contributed by atoms with E-state index >= 15 is 0 Å². The maximum Gasteiger partial charge on any atom is 0.305 e. The number of carbonyl (C=O) groups is 3. The minimum atomic E-state index is -0.698. The molecule has 35 heavy (non-hydrogen) atoms. The lowest BCUT2D eigenvalue weighted by molar-refractivity contribution is -0.144. The molecule has 2 aliphatic rings. The molecule has 0 aromatic carbocycles. The van der Waals surface area contributed by atoms with Gasteiger partial charge in [-0.2, -0.15) is 0 Å². The third kappa shape index (κ3) is 6.07. The monoisotopic (exact) mass is 486 g/mol. The summed E-state index contributed by atoms with van der Waals surface area (Å²) in [6.45, 7) is 12.1. The van der Waals surface area contributed by atoms with Gasteiger partial charge in [-0.1, -0.05) is 53.4 Å². The Bertz CT molecular complexity index is 930. The molecule has 6 heteroatoms. The van der Waals surface area contributed by atoms with Gasteiger partial charge in [-0.05, 0) is 64.1 Å². The number of nitrogens with zero attached hydrogens (tertiary/aromatic N) is 2. The Morgan fingerprint density at radius 3 is 2.51 bits per heavy atom. The van der Waals surface area contributed by atoms with Crippen LogP contribution in [0.5, 0.6) is 0 Å². The molecule has 2 atom stereocenters. The lowest BCUT2D eigenvalue weighted by Crippen LogP contribution is -2.46. The van der Waals surface area contributed by atoms with Crippen molar-refractivity contribution in [3.05, 3.63) is 22.5 Å². The predicted octanol–water partition coefficient (Wildman–Crippen LogP) is 5.63. The molecule has 3 rings (SSSR count). The zero-order chi connectivity index (χ0) is 25.8. The normalized spacial score (nSPS) is 20.5. The number of ketones is 1. The summed E-state index contributed by atoms with van der Waals surface area (Å²) < 4.78 is 7.32. The molecule has 2 unspecified atom stereocenters. The molecule has 0 radical (unpaired) electrons. The third-order valence-corrected chi connectivity index (χ3v) is 8.24. The molecule has 196 valence electrons. The number of piperidine rings is 1. The largest absolute Gasteiger partial charge is 0.466 e. The fourth-order valence-electron chi connectivity index (χ4n) is 5.91. The molecule has 0 bridgehead atoms. The molecule has 6 nitrogen and oxygen atoms in total. The van der Waals surface area contributed by atoms with Crippen LogP contribution in [0.4, 0.5) is 0 Å². The molecule has 0 spiro atoms. The van der Waals surface area contributed by atoms with Gasteiger partial charge in [0.05, 0.1) is 6.61 Å². The van der Waals surface area contributed by atoms with Gasteiger partial charge < -0.3 is 9.64 Å². The van der Waals surface area contributed by atoms with Crippen LogP contribution in [0.15, 0.2) is 0 Å². The van der Waals surface area contributed by atoms with Crippen molar-refractivity contribution >= 4 is 17.7 Å². The first-order valence-electron chi connectivity index (χ1n) is 13.8. The Hall–Kier alpha value is -1.95. The van der Waals surface area contributed by atoms with Gasteiger partial charge in [-0.25, -0.2) is 0 Å². The van der Waals surface area contributed by atoms with Crippen LogP contribution >= 0.6 is 0 Å². The van der Waals surface area contributed by atoms with Crippen LogP contribution in [0.2, 0.25) is 0 Å². The second kappa shape index (κ2) is 11.9. The number of unbranched alkanes of at least 4 members (excludes halogenated alkanes) is 4. The minimum absolute atomic E-state index is 0.000687. The molecule has 1 aliphatic carbocycles. The van der Waals surface area contributed by atoms with Crippen molar-refractivity contribution in [3.8, 4) is 0 Å². The number of rotatable bonds is 11. The molecule has 1 aromatic rings. The number of Topliss-reactive ketones (excluding diaryl/α,β-unsaturated/α-hetero) is 1. The van der Waals surface area contributed by atoms with E-state index in [-0.39, 0.29) is 30.2 Å². The standard InChI is InChI=1S/C29H46N2O4/c1-7-9-10-11-12-13-25(32)35-17-15-29(4,5)28(34)31-20(3)22(8-2)26-24(31)18-21-14-16-30(6)19-23(21)27(26)33/h21,23H,7-19H2,1-6H3. The highest BCUT2D eigenvalue weighted by molar-refractivity contribution is 6.04. The lowest BCUT2D eigenvalue weighted by atomic mass is 9.72. The van der Waals surface area contributed by atoms with Crippen molar-refractivity contribution in [1.82, 2.24) is 9.47 Å². The van der Waals surface area contributed by atoms with Gasteiger partial charge in [0, 0.05) is 41.2 Å². The number of hydrogen-bond acceptors (Lipinski definition) is 5. The van der Waals surface area contributed by atoms with E-state index in [0.717, 1.165) is 74.1 Å². The highest BCUT2D eigenvalue weighted by Gasteiger charge is 2.44. The van der Waals surface area contributed by atoms with E-state index < -0.39 is 5.41 Å². The van der Waals surface area contributed by atoms with E-state index in [1.54, 1.807) is 0 Å². The molecule has 0 saturated carbocycles. The number of likely N-dealkylation sites (tertiary alicyclic amines) is 1. The summed E-state index contributed by atoms with van der Waals surface area (Å²) in [6, 6.07) is 0. The molecule has 0 amide bonds. The van der Waals surface area contributed by atoms with Crippen LogP contribution in [0.3, 0.4) is 0 Å².